The average molecular weight is 315 g/mol. The van der Waals surface area contributed by atoms with E-state index in [1.165, 1.54) is 4.68 Å². The molecule has 0 spiro atoms. The quantitative estimate of drug-likeness (QED) is 0.830. The highest BCUT2D eigenvalue weighted by atomic mass is 16.5. The van der Waals surface area contributed by atoms with Gasteiger partial charge in [0.25, 0.3) is 0 Å². The average Bonchev–Trinajstić information content (AvgIpc) is 2.92. The molecule has 1 aromatic heterocycles. The van der Waals surface area contributed by atoms with Crippen LogP contribution >= 0.6 is 0 Å². The summed E-state index contributed by atoms with van der Waals surface area (Å²) in [6.45, 7) is 5.34. The summed E-state index contributed by atoms with van der Waals surface area (Å²) >= 11 is 0. The number of phenolic OH excluding ortho intramolecular Hbond substituents is 1. The lowest BCUT2D eigenvalue weighted by Gasteiger charge is -2.27. The third kappa shape index (κ3) is 2.75. The van der Waals surface area contributed by atoms with Crippen molar-refractivity contribution in [2.75, 3.05) is 5.32 Å². The molecule has 0 fully saturated rings. The first-order valence-electron chi connectivity index (χ1n) is 7.23. The van der Waals surface area contributed by atoms with E-state index in [0.29, 0.717) is 22.8 Å². The lowest BCUT2D eigenvalue weighted by atomic mass is 9.95. The molecule has 1 aliphatic heterocycles. The fourth-order valence-electron chi connectivity index (χ4n) is 2.56. The number of carbonyl (C=O) groups excluding carboxylic acids is 1. The number of hydrogen-bond donors (Lipinski definition) is 2. The molecule has 2 N–H and O–H groups in total. The lowest BCUT2D eigenvalue weighted by molar-refractivity contribution is -0.143. The summed E-state index contributed by atoms with van der Waals surface area (Å²) in [5, 5.41) is 24.3. The van der Waals surface area contributed by atoms with E-state index in [4.69, 9.17) is 4.74 Å². The second-order valence-corrected chi connectivity index (χ2v) is 5.56. The molecule has 0 bridgehead atoms. The van der Waals surface area contributed by atoms with E-state index in [2.05, 4.69) is 20.8 Å². The molecular weight excluding hydrogens is 298 g/mol. The van der Waals surface area contributed by atoms with Gasteiger partial charge in [-0.1, -0.05) is 17.2 Å². The van der Waals surface area contributed by atoms with Gasteiger partial charge in [0.1, 0.15) is 11.8 Å². The zero-order valence-electron chi connectivity index (χ0n) is 13.0. The monoisotopic (exact) mass is 315 g/mol. The van der Waals surface area contributed by atoms with E-state index in [1.54, 1.807) is 45.0 Å². The van der Waals surface area contributed by atoms with Crippen molar-refractivity contribution in [3.8, 4) is 5.75 Å². The smallest absolute Gasteiger partial charge is 0.338 e. The number of esters is 1. The van der Waals surface area contributed by atoms with E-state index in [1.807, 2.05) is 0 Å². The van der Waals surface area contributed by atoms with Crippen LogP contribution in [-0.2, 0) is 9.53 Å². The van der Waals surface area contributed by atoms with Gasteiger partial charge >= 0.3 is 5.97 Å². The van der Waals surface area contributed by atoms with Crippen molar-refractivity contribution < 1.29 is 14.6 Å². The molecule has 0 saturated heterocycles. The molecular formula is C15H17N5O3. The van der Waals surface area contributed by atoms with Crippen molar-refractivity contribution in [2.45, 2.75) is 32.9 Å². The molecule has 1 aliphatic rings. The molecule has 2 heterocycles. The number of nitrogens with one attached hydrogen (secondary N) is 1. The van der Waals surface area contributed by atoms with Crippen LogP contribution in [0.2, 0.25) is 0 Å². The maximum absolute atomic E-state index is 12.6. The van der Waals surface area contributed by atoms with Crippen LogP contribution in [-0.4, -0.2) is 37.4 Å². The Kier molecular flexibility index (Phi) is 3.73. The number of aromatic hydroxyl groups is 1. The highest BCUT2D eigenvalue weighted by Gasteiger charge is 2.35. The number of benzene rings is 1. The SMILES string of the molecule is CC1=C(C(=O)OC(C)C)[C@@H](c2cccc(O)c2)n2nnnc2N1. The first-order valence-corrected chi connectivity index (χ1v) is 7.23. The van der Waals surface area contributed by atoms with Gasteiger partial charge in [0.05, 0.1) is 11.7 Å². The number of aromatic nitrogens is 4. The van der Waals surface area contributed by atoms with E-state index in [0.717, 1.165) is 0 Å². The van der Waals surface area contributed by atoms with Crippen molar-refractivity contribution in [1.29, 1.82) is 0 Å². The Bertz CT molecular complexity index is 781. The molecule has 120 valence electrons. The summed E-state index contributed by atoms with van der Waals surface area (Å²) in [4.78, 5) is 12.6. The molecule has 23 heavy (non-hydrogen) atoms. The summed E-state index contributed by atoms with van der Waals surface area (Å²) in [7, 11) is 0. The van der Waals surface area contributed by atoms with Crippen molar-refractivity contribution in [1.82, 2.24) is 20.2 Å². The van der Waals surface area contributed by atoms with Crippen LogP contribution < -0.4 is 5.32 Å². The number of anilines is 1. The van der Waals surface area contributed by atoms with Gasteiger partial charge in [0, 0.05) is 5.70 Å². The van der Waals surface area contributed by atoms with Crippen LogP contribution in [0, 0.1) is 0 Å². The zero-order valence-corrected chi connectivity index (χ0v) is 13.0. The molecule has 1 atom stereocenters. The first kappa shape index (κ1) is 15.0. The van der Waals surface area contributed by atoms with Gasteiger partial charge in [-0.05, 0) is 48.9 Å². The van der Waals surface area contributed by atoms with Gasteiger partial charge in [0.2, 0.25) is 5.95 Å². The highest BCUT2D eigenvalue weighted by Crippen LogP contribution is 2.35. The largest absolute Gasteiger partial charge is 0.508 e. The van der Waals surface area contributed by atoms with Crippen molar-refractivity contribution >= 4 is 11.9 Å². The highest BCUT2D eigenvalue weighted by molar-refractivity contribution is 5.92. The van der Waals surface area contributed by atoms with Gasteiger partial charge in [-0.15, -0.1) is 0 Å². The number of tetrazole rings is 1. The minimum atomic E-state index is -0.570. The number of ether oxygens (including phenoxy) is 1. The molecule has 8 heteroatoms. The van der Waals surface area contributed by atoms with Crippen LogP contribution in [0.25, 0.3) is 0 Å². The maximum Gasteiger partial charge on any atom is 0.338 e. The topological polar surface area (TPSA) is 102 Å². The maximum atomic E-state index is 12.6. The van der Waals surface area contributed by atoms with Crippen LogP contribution in [0.15, 0.2) is 35.5 Å². The number of hydrogen-bond acceptors (Lipinski definition) is 7. The van der Waals surface area contributed by atoms with Gasteiger partial charge in [-0.3, -0.25) is 0 Å². The molecule has 3 rings (SSSR count). The standard InChI is InChI=1S/C15H17N5O3/c1-8(2)23-14(22)12-9(3)16-15-17-18-19-20(15)13(12)10-5-4-6-11(21)7-10/h4-8,13,21H,1-3H3,(H,16,17,19)/t13-/m1/s1. The van der Waals surface area contributed by atoms with Crippen molar-refractivity contribution in [2.24, 2.45) is 0 Å². The predicted octanol–water partition coefficient (Wildman–Crippen LogP) is 1.62. The normalized spacial score (nSPS) is 17.0. The van der Waals surface area contributed by atoms with Gasteiger partial charge in [-0.25, -0.2) is 4.79 Å². The van der Waals surface area contributed by atoms with Gasteiger partial charge in [0.15, 0.2) is 0 Å². The van der Waals surface area contributed by atoms with Crippen LogP contribution in [0.3, 0.4) is 0 Å². The minimum absolute atomic E-state index is 0.102. The summed E-state index contributed by atoms with van der Waals surface area (Å²) in [6.07, 6.45) is -0.247. The molecule has 0 radical (unpaired) electrons. The number of carbonyl (C=O) groups is 1. The Morgan fingerprint density at radius 3 is 2.91 bits per heavy atom. The van der Waals surface area contributed by atoms with E-state index in [-0.39, 0.29) is 11.9 Å². The van der Waals surface area contributed by atoms with Crippen molar-refractivity contribution in [3.05, 3.63) is 41.1 Å². The van der Waals surface area contributed by atoms with E-state index < -0.39 is 12.0 Å². The fraction of sp³-hybridized carbons (Fsp3) is 0.333. The van der Waals surface area contributed by atoms with Gasteiger partial charge in [-0.2, -0.15) is 4.68 Å². The third-order valence-electron chi connectivity index (χ3n) is 3.46. The number of fused-ring (bicyclic) bond motifs is 1. The van der Waals surface area contributed by atoms with Crippen LogP contribution in [0.4, 0.5) is 5.95 Å². The third-order valence-corrected chi connectivity index (χ3v) is 3.46. The molecule has 0 unspecified atom stereocenters. The first-order chi connectivity index (χ1) is 11.0. The zero-order chi connectivity index (χ0) is 16.6. The number of allylic oxidation sites excluding steroid dienone is 1. The Balaban J connectivity index is 2.13. The minimum Gasteiger partial charge on any atom is -0.508 e. The second kappa shape index (κ2) is 5.71. The summed E-state index contributed by atoms with van der Waals surface area (Å²) < 4.78 is 6.85. The summed E-state index contributed by atoms with van der Waals surface area (Å²) in [5.41, 5.74) is 1.71. The molecule has 1 aromatic carbocycles. The van der Waals surface area contributed by atoms with E-state index >= 15 is 0 Å². The second-order valence-electron chi connectivity index (χ2n) is 5.56. The number of nitrogens with zero attached hydrogens (tertiary/aromatic N) is 4. The summed E-state index contributed by atoms with van der Waals surface area (Å²) in [6, 6.07) is 6.08. The fourth-order valence-corrected chi connectivity index (χ4v) is 2.56. The molecule has 0 saturated carbocycles. The lowest BCUT2D eigenvalue weighted by Crippen LogP contribution is -2.30. The van der Waals surface area contributed by atoms with E-state index in [9.17, 15) is 9.90 Å². The molecule has 8 nitrogen and oxygen atoms in total. The molecule has 2 aromatic rings. The Morgan fingerprint density at radius 2 is 2.22 bits per heavy atom. The predicted molar refractivity (Wildman–Crippen MR) is 81.6 cm³/mol. The van der Waals surface area contributed by atoms with Crippen LogP contribution in [0.5, 0.6) is 5.75 Å². The molecule has 0 aliphatic carbocycles. The van der Waals surface area contributed by atoms with Crippen molar-refractivity contribution in [3.63, 3.8) is 0 Å². The van der Waals surface area contributed by atoms with Gasteiger partial charge < -0.3 is 15.2 Å². The molecule has 0 amide bonds. The Morgan fingerprint density at radius 1 is 1.43 bits per heavy atom. The number of rotatable bonds is 3. The van der Waals surface area contributed by atoms with Crippen LogP contribution in [0.1, 0.15) is 32.4 Å². The summed E-state index contributed by atoms with van der Waals surface area (Å²) in [5.74, 6) is 0.0846. The Labute approximate surface area is 132 Å². The Hall–Kier alpha value is -2.90. The number of phenols is 1.